The second-order valence-corrected chi connectivity index (χ2v) is 8.74. The van der Waals surface area contributed by atoms with Gasteiger partial charge in [0.05, 0.1) is 13.2 Å². The summed E-state index contributed by atoms with van der Waals surface area (Å²) in [7, 11) is 0. The highest BCUT2D eigenvalue weighted by Gasteiger charge is 2.40. The van der Waals surface area contributed by atoms with Gasteiger partial charge < -0.3 is 24.8 Å². The van der Waals surface area contributed by atoms with E-state index in [1.54, 1.807) is 0 Å². The third-order valence-corrected chi connectivity index (χ3v) is 5.97. The molecule has 0 unspecified atom stereocenters. The van der Waals surface area contributed by atoms with Crippen molar-refractivity contribution in [2.75, 3.05) is 19.8 Å². The Labute approximate surface area is 184 Å². The van der Waals surface area contributed by atoms with Crippen molar-refractivity contribution >= 4 is 0 Å². The van der Waals surface area contributed by atoms with Crippen LogP contribution in [0.25, 0.3) is 0 Å². The van der Waals surface area contributed by atoms with E-state index in [1.165, 1.54) is 83.5 Å². The van der Waals surface area contributed by atoms with Crippen LogP contribution < -0.4 is 0 Å². The molecule has 0 aromatic rings. The largest absolute Gasteiger partial charge is 0.394 e. The van der Waals surface area contributed by atoms with E-state index in [-0.39, 0.29) is 13.2 Å². The molecule has 0 bridgehead atoms. The minimum atomic E-state index is -0.981. The molecule has 0 radical (unpaired) electrons. The van der Waals surface area contributed by atoms with Crippen molar-refractivity contribution in [3.8, 4) is 0 Å². The molecule has 0 amide bonds. The smallest absolute Gasteiger partial charge is 0.114 e. The topological polar surface area (TPSA) is 79.2 Å². The lowest BCUT2D eigenvalue weighted by Gasteiger charge is -2.24. The highest BCUT2D eigenvalue weighted by Crippen LogP contribution is 2.20. The number of rotatable bonds is 20. The van der Waals surface area contributed by atoms with E-state index in [2.05, 4.69) is 19.1 Å². The first-order chi connectivity index (χ1) is 14.7. The molecule has 0 spiro atoms. The molecule has 1 aliphatic heterocycles. The van der Waals surface area contributed by atoms with Crippen LogP contribution >= 0.6 is 0 Å². The van der Waals surface area contributed by atoms with Gasteiger partial charge in [0.2, 0.25) is 0 Å². The normalized spacial score (nSPS) is 22.9. The van der Waals surface area contributed by atoms with Gasteiger partial charge in [-0.1, -0.05) is 83.3 Å². The summed E-state index contributed by atoms with van der Waals surface area (Å²) in [6.07, 6.45) is 20.8. The number of ether oxygens (including phenoxy) is 2. The van der Waals surface area contributed by atoms with Crippen LogP contribution in [0.2, 0.25) is 0 Å². The van der Waals surface area contributed by atoms with E-state index in [0.29, 0.717) is 6.61 Å². The Hall–Kier alpha value is -0.460. The van der Waals surface area contributed by atoms with Gasteiger partial charge in [0.15, 0.2) is 0 Å². The highest BCUT2D eigenvalue weighted by molar-refractivity contribution is 4.88. The van der Waals surface area contributed by atoms with Crippen molar-refractivity contribution in [2.45, 2.75) is 128 Å². The maximum atomic E-state index is 9.84. The van der Waals surface area contributed by atoms with Gasteiger partial charge in [0.1, 0.15) is 24.4 Å². The standard InChI is InChI=1S/C25H48O5/c1-2-3-4-5-6-7-8-9-10-11-12-13-14-15-16-17-18-19-29-23(20-26)25-24(28)22(27)21-30-25/h11-12,22-28H,2-10,13-21H2,1H3/b12-11+/t22-,23+,24+,25+/m1/s1. The zero-order chi connectivity index (χ0) is 21.9. The van der Waals surface area contributed by atoms with Crippen LogP contribution in [-0.2, 0) is 9.47 Å². The molecule has 1 aliphatic rings. The highest BCUT2D eigenvalue weighted by atomic mass is 16.6. The molecule has 1 heterocycles. The van der Waals surface area contributed by atoms with E-state index in [0.717, 1.165) is 12.8 Å². The Balaban J connectivity index is 1.84. The third-order valence-electron chi connectivity index (χ3n) is 5.97. The van der Waals surface area contributed by atoms with Crippen molar-refractivity contribution < 1.29 is 24.8 Å². The van der Waals surface area contributed by atoms with Gasteiger partial charge in [0.25, 0.3) is 0 Å². The van der Waals surface area contributed by atoms with Crippen LogP contribution in [0.5, 0.6) is 0 Å². The van der Waals surface area contributed by atoms with Crippen LogP contribution in [0.3, 0.4) is 0 Å². The molecular weight excluding hydrogens is 380 g/mol. The van der Waals surface area contributed by atoms with E-state index >= 15 is 0 Å². The van der Waals surface area contributed by atoms with Gasteiger partial charge in [-0.2, -0.15) is 0 Å². The van der Waals surface area contributed by atoms with Crippen LogP contribution in [0.1, 0.15) is 103 Å². The quantitative estimate of drug-likeness (QED) is 0.190. The van der Waals surface area contributed by atoms with Crippen LogP contribution in [0, 0.1) is 0 Å². The zero-order valence-corrected chi connectivity index (χ0v) is 19.4. The molecule has 0 saturated carbocycles. The lowest BCUT2D eigenvalue weighted by Crippen LogP contribution is -2.42. The summed E-state index contributed by atoms with van der Waals surface area (Å²) in [5, 5.41) is 28.8. The minimum Gasteiger partial charge on any atom is -0.394 e. The molecule has 3 N–H and O–H groups in total. The lowest BCUT2D eigenvalue weighted by atomic mass is 10.1. The Morgan fingerprint density at radius 3 is 1.87 bits per heavy atom. The molecule has 178 valence electrons. The first kappa shape index (κ1) is 27.6. The van der Waals surface area contributed by atoms with Crippen molar-refractivity contribution in [2.24, 2.45) is 0 Å². The van der Waals surface area contributed by atoms with E-state index in [4.69, 9.17) is 9.47 Å². The molecule has 0 aromatic carbocycles. The Kier molecular flexibility index (Phi) is 17.7. The molecule has 1 fully saturated rings. The monoisotopic (exact) mass is 428 g/mol. The number of aliphatic hydroxyl groups is 3. The molecule has 1 saturated heterocycles. The minimum absolute atomic E-state index is 0.0965. The second kappa shape index (κ2) is 19.2. The molecule has 0 aromatic heterocycles. The van der Waals surface area contributed by atoms with Crippen LogP contribution in [0.4, 0.5) is 0 Å². The Bertz CT molecular complexity index is 401. The van der Waals surface area contributed by atoms with Gasteiger partial charge in [-0.3, -0.25) is 0 Å². The van der Waals surface area contributed by atoms with E-state index in [9.17, 15) is 15.3 Å². The van der Waals surface area contributed by atoms with Crippen molar-refractivity contribution in [3.05, 3.63) is 12.2 Å². The number of aliphatic hydroxyl groups excluding tert-OH is 3. The fourth-order valence-corrected chi connectivity index (χ4v) is 3.97. The van der Waals surface area contributed by atoms with Gasteiger partial charge in [0, 0.05) is 6.61 Å². The number of hydrogen-bond donors (Lipinski definition) is 3. The number of hydrogen-bond acceptors (Lipinski definition) is 5. The van der Waals surface area contributed by atoms with E-state index in [1.807, 2.05) is 0 Å². The number of unbranched alkanes of at least 4 members (excludes halogenated alkanes) is 13. The van der Waals surface area contributed by atoms with Crippen LogP contribution in [0.15, 0.2) is 12.2 Å². The Morgan fingerprint density at radius 2 is 1.37 bits per heavy atom. The summed E-state index contributed by atoms with van der Waals surface area (Å²) >= 11 is 0. The summed E-state index contributed by atoms with van der Waals surface area (Å²) in [6.45, 7) is 2.70. The van der Waals surface area contributed by atoms with Gasteiger partial charge in [-0.25, -0.2) is 0 Å². The molecule has 30 heavy (non-hydrogen) atoms. The molecule has 5 heteroatoms. The number of allylic oxidation sites excluding steroid dienone is 2. The average molecular weight is 429 g/mol. The predicted octanol–water partition coefficient (Wildman–Crippen LogP) is 4.91. The summed E-state index contributed by atoms with van der Waals surface area (Å²) in [5.74, 6) is 0. The molecule has 5 nitrogen and oxygen atoms in total. The summed E-state index contributed by atoms with van der Waals surface area (Å²) in [4.78, 5) is 0. The van der Waals surface area contributed by atoms with Gasteiger partial charge in [-0.05, 0) is 32.1 Å². The Morgan fingerprint density at radius 1 is 0.833 bits per heavy atom. The molecular formula is C25H48O5. The summed E-state index contributed by atoms with van der Waals surface area (Å²) in [6, 6.07) is 0. The SMILES string of the molecule is CCCCCCCCCC/C=C/CCCCCCCO[C@@H](CO)[C@@H]1OC[C@@H](O)[C@@H]1O. The third kappa shape index (κ3) is 13.1. The summed E-state index contributed by atoms with van der Waals surface area (Å²) in [5.41, 5.74) is 0. The fourth-order valence-electron chi connectivity index (χ4n) is 3.97. The molecule has 1 rings (SSSR count). The first-order valence-electron chi connectivity index (χ1n) is 12.6. The maximum Gasteiger partial charge on any atom is 0.114 e. The maximum absolute atomic E-state index is 9.84. The zero-order valence-electron chi connectivity index (χ0n) is 19.4. The second-order valence-electron chi connectivity index (χ2n) is 8.74. The average Bonchev–Trinajstić information content (AvgIpc) is 3.08. The summed E-state index contributed by atoms with van der Waals surface area (Å²) < 4.78 is 11.0. The van der Waals surface area contributed by atoms with Crippen molar-refractivity contribution in [3.63, 3.8) is 0 Å². The predicted molar refractivity (Wildman–Crippen MR) is 123 cm³/mol. The van der Waals surface area contributed by atoms with Gasteiger partial charge in [-0.15, -0.1) is 0 Å². The van der Waals surface area contributed by atoms with E-state index < -0.39 is 24.4 Å². The van der Waals surface area contributed by atoms with Crippen molar-refractivity contribution in [1.29, 1.82) is 0 Å². The first-order valence-corrected chi connectivity index (χ1v) is 12.6. The molecule has 0 aliphatic carbocycles. The van der Waals surface area contributed by atoms with Gasteiger partial charge >= 0.3 is 0 Å². The lowest BCUT2D eigenvalue weighted by molar-refractivity contribution is -0.101. The fraction of sp³-hybridized carbons (Fsp3) is 0.920. The van der Waals surface area contributed by atoms with Crippen molar-refractivity contribution in [1.82, 2.24) is 0 Å². The van der Waals surface area contributed by atoms with Crippen LogP contribution in [-0.4, -0.2) is 59.6 Å². The molecule has 4 atom stereocenters.